The van der Waals surface area contributed by atoms with Crippen molar-refractivity contribution in [2.75, 3.05) is 13.2 Å². The van der Waals surface area contributed by atoms with E-state index in [2.05, 4.69) is 43.4 Å². The summed E-state index contributed by atoms with van der Waals surface area (Å²) in [5.41, 5.74) is 4.26. The number of benzene rings is 2. The van der Waals surface area contributed by atoms with E-state index in [4.69, 9.17) is 4.74 Å². The van der Waals surface area contributed by atoms with Gasteiger partial charge >= 0.3 is 6.09 Å². The summed E-state index contributed by atoms with van der Waals surface area (Å²) in [5.74, 6) is 0.253. The first-order valence-corrected chi connectivity index (χ1v) is 11.1. The van der Waals surface area contributed by atoms with E-state index in [0.717, 1.165) is 25.7 Å². The molecule has 2 aliphatic carbocycles. The predicted octanol–water partition coefficient (Wildman–Crippen LogP) is 5.49. The molecule has 0 radical (unpaired) electrons. The Bertz CT molecular complexity index is 862. The van der Waals surface area contributed by atoms with Gasteiger partial charge in [0.05, 0.1) is 5.60 Å². The summed E-state index contributed by atoms with van der Waals surface area (Å²) in [6, 6.07) is 16.6. The molecule has 1 amide bonds. The van der Waals surface area contributed by atoms with Gasteiger partial charge in [0, 0.05) is 12.5 Å². The van der Waals surface area contributed by atoms with Gasteiger partial charge in [-0.25, -0.2) is 4.79 Å². The average molecular weight is 408 g/mol. The van der Waals surface area contributed by atoms with Gasteiger partial charge in [0.2, 0.25) is 0 Å². The number of amides is 1. The van der Waals surface area contributed by atoms with E-state index < -0.39 is 11.7 Å². The van der Waals surface area contributed by atoms with E-state index in [9.17, 15) is 9.90 Å². The van der Waals surface area contributed by atoms with Crippen molar-refractivity contribution >= 4 is 6.09 Å². The maximum absolute atomic E-state index is 12.4. The second-order valence-electron chi connectivity index (χ2n) is 9.97. The molecule has 2 N–H and O–H groups in total. The molecule has 4 nitrogen and oxygen atoms in total. The minimum absolute atomic E-state index is 0.0456. The Kier molecular flexibility index (Phi) is 5.63. The van der Waals surface area contributed by atoms with Gasteiger partial charge in [-0.05, 0) is 66.2 Å². The van der Waals surface area contributed by atoms with Crippen molar-refractivity contribution < 1.29 is 14.6 Å². The highest BCUT2D eigenvalue weighted by atomic mass is 16.5. The summed E-state index contributed by atoms with van der Waals surface area (Å²) in [5, 5.41) is 13.7. The SMILES string of the molecule is CC1(C)CCC(C(C)(O)CNC(=O)OCC2c3ccccc3-c3ccccc32)CC1. The third-order valence-corrected chi connectivity index (χ3v) is 7.15. The lowest BCUT2D eigenvalue weighted by atomic mass is 9.68. The minimum atomic E-state index is -0.915. The number of carbonyl (C=O) groups is 1. The van der Waals surface area contributed by atoms with Crippen LogP contribution >= 0.6 is 0 Å². The third-order valence-electron chi connectivity index (χ3n) is 7.15. The van der Waals surface area contributed by atoms with E-state index in [1.165, 1.54) is 22.3 Å². The highest BCUT2D eigenvalue weighted by Crippen LogP contribution is 2.44. The Labute approximate surface area is 179 Å². The maximum atomic E-state index is 12.4. The summed E-state index contributed by atoms with van der Waals surface area (Å²) in [4.78, 5) is 12.4. The van der Waals surface area contributed by atoms with E-state index in [1.54, 1.807) is 0 Å². The van der Waals surface area contributed by atoms with Crippen LogP contribution in [0.5, 0.6) is 0 Å². The molecule has 0 heterocycles. The van der Waals surface area contributed by atoms with Gasteiger partial charge in [0.15, 0.2) is 0 Å². The van der Waals surface area contributed by atoms with Gasteiger partial charge in [-0.1, -0.05) is 62.4 Å². The van der Waals surface area contributed by atoms with E-state index >= 15 is 0 Å². The van der Waals surface area contributed by atoms with Crippen molar-refractivity contribution in [1.82, 2.24) is 5.32 Å². The van der Waals surface area contributed by atoms with Crippen molar-refractivity contribution in [3.63, 3.8) is 0 Å². The summed E-state index contributed by atoms with van der Waals surface area (Å²) in [6.07, 6.45) is 3.74. The lowest BCUT2D eigenvalue weighted by Crippen LogP contribution is -2.47. The molecule has 160 valence electrons. The Balaban J connectivity index is 1.33. The zero-order valence-corrected chi connectivity index (χ0v) is 18.3. The van der Waals surface area contributed by atoms with Crippen molar-refractivity contribution in [2.45, 2.75) is 58.0 Å². The standard InChI is InChI=1S/C26H33NO3/c1-25(2)14-12-18(13-15-25)26(3,29)17-27-24(28)30-16-23-21-10-6-4-8-19(21)20-9-5-7-11-22(20)23/h4-11,18,23,29H,12-17H2,1-3H3,(H,27,28). The fraction of sp³-hybridized carbons (Fsp3) is 0.500. The Morgan fingerprint density at radius 2 is 1.60 bits per heavy atom. The average Bonchev–Trinajstić information content (AvgIpc) is 3.04. The Morgan fingerprint density at radius 3 is 2.17 bits per heavy atom. The molecule has 1 saturated carbocycles. The van der Waals surface area contributed by atoms with Gasteiger partial charge in [-0.15, -0.1) is 0 Å². The molecular formula is C26H33NO3. The van der Waals surface area contributed by atoms with E-state index in [-0.39, 0.29) is 18.4 Å². The number of carbonyl (C=O) groups excluding carboxylic acids is 1. The molecule has 2 aromatic carbocycles. The van der Waals surface area contributed by atoms with Crippen LogP contribution in [0.2, 0.25) is 0 Å². The van der Waals surface area contributed by atoms with Gasteiger partial charge in [0.1, 0.15) is 6.61 Å². The monoisotopic (exact) mass is 407 g/mol. The van der Waals surface area contributed by atoms with Crippen molar-refractivity contribution in [1.29, 1.82) is 0 Å². The highest BCUT2D eigenvalue weighted by molar-refractivity contribution is 5.79. The van der Waals surface area contributed by atoms with Gasteiger partial charge in [-0.3, -0.25) is 0 Å². The molecule has 2 aromatic rings. The van der Waals surface area contributed by atoms with Crippen LogP contribution < -0.4 is 5.32 Å². The molecule has 0 spiro atoms. The molecule has 2 aliphatic rings. The van der Waals surface area contributed by atoms with Crippen LogP contribution in [0.4, 0.5) is 4.79 Å². The zero-order chi connectivity index (χ0) is 21.4. The molecule has 0 aromatic heterocycles. The lowest BCUT2D eigenvalue weighted by molar-refractivity contribution is -0.0287. The molecule has 0 aliphatic heterocycles. The van der Waals surface area contributed by atoms with Crippen LogP contribution in [-0.2, 0) is 4.74 Å². The number of hydrogen-bond donors (Lipinski definition) is 2. The van der Waals surface area contributed by atoms with Crippen LogP contribution in [0.3, 0.4) is 0 Å². The van der Waals surface area contributed by atoms with E-state index in [0.29, 0.717) is 12.0 Å². The highest BCUT2D eigenvalue weighted by Gasteiger charge is 2.37. The van der Waals surface area contributed by atoms with Crippen LogP contribution in [0, 0.1) is 11.3 Å². The number of aliphatic hydroxyl groups is 1. The van der Waals surface area contributed by atoms with Crippen molar-refractivity contribution in [3.8, 4) is 11.1 Å². The zero-order valence-electron chi connectivity index (χ0n) is 18.3. The lowest BCUT2D eigenvalue weighted by Gasteiger charge is -2.41. The van der Waals surface area contributed by atoms with Crippen LogP contribution in [0.1, 0.15) is 63.5 Å². The molecule has 4 rings (SSSR count). The minimum Gasteiger partial charge on any atom is -0.449 e. The molecule has 1 unspecified atom stereocenters. The summed E-state index contributed by atoms with van der Waals surface area (Å²) in [7, 11) is 0. The summed E-state index contributed by atoms with van der Waals surface area (Å²) < 4.78 is 5.59. The normalized spacial score (nSPS) is 20.1. The van der Waals surface area contributed by atoms with Crippen LogP contribution in [-0.4, -0.2) is 30.0 Å². The largest absolute Gasteiger partial charge is 0.449 e. The molecular weight excluding hydrogens is 374 g/mol. The first-order valence-electron chi connectivity index (χ1n) is 11.1. The number of ether oxygens (including phenoxy) is 1. The molecule has 4 heteroatoms. The first-order chi connectivity index (χ1) is 14.3. The fourth-order valence-corrected chi connectivity index (χ4v) is 5.07. The summed E-state index contributed by atoms with van der Waals surface area (Å²) in [6.45, 7) is 6.91. The quantitative estimate of drug-likeness (QED) is 0.689. The number of nitrogens with one attached hydrogen (secondary N) is 1. The molecule has 30 heavy (non-hydrogen) atoms. The topological polar surface area (TPSA) is 58.6 Å². The smallest absolute Gasteiger partial charge is 0.407 e. The number of fused-ring (bicyclic) bond motifs is 3. The van der Waals surface area contributed by atoms with Crippen molar-refractivity contribution in [2.24, 2.45) is 11.3 Å². The Morgan fingerprint density at radius 1 is 1.07 bits per heavy atom. The van der Waals surface area contributed by atoms with Gasteiger partial charge in [-0.2, -0.15) is 0 Å². The van der Waals surface area contributed by atoms with Crippen molar-refractivity contribution in [3.05, 3.63) is 59.7 Å². The van der Waals surface area contributed by atoms with Gasteiger partial charge < -0.3 is 15.2 Å². The van der Waals surface area contributed by atoms with E-state index in [1.807, 2.05) is 31.2 Å². The predicted molar refractivity (Wildman–Crippen MR) is 119 cm³/mol. The van der Waals surface area contributed by atoms with Crippen LogP contribution in [0.15, 0.2) is 48.5 Å². The number of rotatable bonds is 5. The number of hydrogen-bond acceptors (Lipinski definition) is 3. The second kappa shape index (κ2) is 8.07. The maximum Gasteiger partial charge on any atom is 0.407 e. The molecule has 1 fully saturated rings. The Hall–Kier alpha value is -2.33. The summed E-state index contributed by atoms with van der Waals surface area (Å²) >= 11 is 0. The molecule has 0 saturated heterocycles. The van der Waals surface area contributed by atoms with Crippen LogP contribution in [0.25, 0.3) is 11.1 Å². The molecule has 0 bridgehead atoms. The fourth-order valence-electron chi connectivity index (χ4n) is 5.07. The number of alkyl carbamates (subject to hydrolysis) is 1. The second-order valence-corrected chi connectivity index (χ2v) is 9.97. The molecule has 1 atom stereocenters. The third kappa shape index (κ3) is 4.24. The van der Waals surface area contributed by atoms with Gasteiger partial charge in [0.25, 0.3) is 0 Å². The first kappa shape index (κ1) is 20.9.